The predicted molar refractivity (Wildman–Crippen MR) is 154 cm³/mol. The fourth-order valence-corrected chi connectivity index (χ4v) is 8.43. The van der Waals surface area contributed by atoms with E-state index in [4.69, 9.17) is 11.6 Å². The summed E-state index contributed by atoms with van der Waals surface area (Å²) in [5.74, 6) is -0.407. The molecule has 0 unspecified atom stereocenters. The number of hydrogen-bond acceptors (Lipinski definition) is 6. The Balaban J connectivity index is 1.41. The third kappa shape index (κ3) is 5.61. The smallest absolute Gasteiger partial charge is 0.243 e. The number of halogens is 1. The van der Waals surface area contributed by atoms with Crippen LogP contribution in [0.5, 0.6) is 0 Å². The van der Waals surface area contributed by atoms with Crippen LogP contribution in [0, 0.1) is 6.92 Å². The molecule has 1 atom stereocenters. The molecule has 1 amide bonds. The summed E-state index contributed by atoms with van der Waals surface area (Å²) in [6.07, 6.45) is 0. The molecule has 9 nitrogen and oxygen atoms in total. The van der Waals surface area contributed by atoms with Gasteiger partial charge in [-0.3, -0.25) is 4.79 Å². The lowest BCUT2D eigenvalue weighted by atomic mass is 10.1. The molecule has 3 aromatic carbocycles. The molecule has 2 heterocycles. The van der Waals surface area contributed by atoms with Crippen LogP contribution in [0.2, 0.25) is 5.02 Å². The predicted octanol–water partition coefficient (Wildman–Crippen LogP) is 3.06. The Hall–Kier alpha value is -2.96. The molecule has 0 bridgehead atoms. The van der Waals surface area contributed by atoms with Crippen LogP contribution in [0.3, 0.4) is 0 Å². The molecule has 2 fully saturated rings. The summed E-state index contributed by atoms with van der Waals surface area (Å²) in [6, 6.07) is 20.4. The number of sulfonamides is 2. The second kappa shape index (κ2) is 11.5. The van der Waals surface area contributed by atoms with Crippen molar-refractivity contribution >= 4 is 43.2 Å². The van der Waals surface area contributed by atoms with E-state index in [9.17, 15) is 21.6 Å². The zero-order valence-electron chi connectivity index (χ0n) is 22.1. The van der Waals surface area contributed by atoms with E-state index in [-0.39, 0.29) is 29.4 Å². The second-order valence-corrected chi connectivity index (χ2v) is 14.1. The minimum Gasteiger partial charge on any atom is -0.368 e. The van der Waals surface area contributed by atoms with Gasteiger partial charge in [0.05, 0.1) is 9.79 Å². The maximum absolute atomic E-state index is 14.0. The van der Waals surface area contributed by atoms with Crippen LogP contribution in [0.1, 0.15) is 5.56 Å². The molecular weight excluding hydrogens is 572 g/mol. The third-order valence-corrected chi connectivity index (χ3v) is 11.4. The summed E-state index contributed by atoms with van der Waals surface area (Å²) in [6.45, 7) is 3.34. The third-order valence-electron chi connectivity index (χ3n) is 7.41. The van der Waals surface area contributed by atoms with Gasteiger partial charge in [-0.2, -0.15) is 8.61 Å². The zero-order valence-corrected chi connectivity index (χ0v) is 24.4. The van der Waals surface area contributed by atoms with Crippen molar-refractivity contribution in [2.75, 3.05) is 50.7 Å². The Kier molecular flexibility index (Phi) is 8.21. The quantitative estimate of drug-likeness (QED) is 0.430. The van der Waals surface area contributed by atoms with Gasteiger partial charge >= 0.3 is 0 Å². The van der Waals surface area contributed by atoms with Crippen molar-refractivity contribution in [3.8, 4) is 0 Å². The van der Waals surface area contributed by atoms with Gasteiger partial charge in [0, 0.05) is 56.5 Å². The van der Waals surface area contributed by atoms with E-state index in [0.717, 1.165) is 15.6 Å². The number of aryl methyl sites for hydroxylation is 1. The van der Waals surface area contributed by atoms with Gasteiger partial charge in [-0.25, -0.2) is 16.8 Å². The van der Waals surface area contributed by atoms with E-state index in [2.05, 4.69) is 4.90 Å². The maximum atomic E-state index is 14.0. The molecule has 0 saturated carbocycles. The first-order valence-corrected chi connectivity index (χ1v) is 16.3. The molecule has 0 radical (unpaired) electrons. The molecule has 2 aliphatic heterocycles. The highest BCUT2D eigenvalue weighted by atomic mass is 35.5. The normalized spacial score (nSPS) is 19.5. The molecule has 40 heavy (non-hydrogen) atoms. The van der Waals surface area contributed by atoms with E-state index >= 15 is 0 Å². The summed E-state index contributed by atoms with van der Waals surface area (Å²) >= 11 is 6.21. The zero-order chi connectivity index (χ0) is 28.5. The van der Waals surface area contributed by atoms with Crippen molar-refractivity contribution in [3.63, 3.8) is 0 Å². The van der Waals surface area contributed by atoms with Gasteiger partial charge in [0.1, 0.15) is 6.04 Å². The van der Waals surface area contributed by atoms with Crippen LogP contribution in [-0.4, -0.2) is 88.1 Å². The number of carbonyl (C=O) groups excluding carboxylic acids is 1. The number of hydrogen-bond donors (Lipinski definition) is 0. The monoisotopic (exact) mass is 602 g/mol. The number of benzene rings is 3. The number of piperazine rings is 2. The first-order valence-electron chi connectivity index (χ1n) is 13.0. The van der Waals surface area contributed by atoms with Crippen molar-refractivity contribution in [2.24, 2.45) is 0 Å². The molecule has 212 valence electrons. The Morgan fingerprint density at radius 2 is 1.32 bits per heavy atom. The summed E-state index contributed by atoms with van der Waals surface area (Å²) in [5, 5.41) is 0.628. The Labute approximate surface area is 240 Å². The molecule has 12 heteroatoms. The van der Waals surface area contributed by atoms with Gasteiger partial charge in [0.25, 0.3) is 0 Å². The van der Waals surface area contributed by atoms with Crippen LogP contribution < -0.4 is 4.90 Å². The SMILES string of the molecule is Cc1ccc(Cl)cc1N1CCN(C(=O)[C@H]2CN(S(=O)(=O)c3ccccc3)CCN2S(=O)(=O)c2ccccc2)CC1. The van der Waals surface area contributed by atoms with Crippen molar-refractivity contribution < 1.29 is 21.6 Å². The first kappa shape index (κ1) is 28.6. The Bertz CT molecular complexity index is 1580. The number of amides is 1. The molecule has 0 aromatic heterocycles. The van der Waals surface area contributed by atoms with Gasteiger partial charge in [0.15, 0.2) is 0 Å². The minimum atomic E-state index is -4.05. The van der Waals surface area contributed by atoms with Crippen molar-refractivity contribution in [1.29, 1.82) is 0 Å². The second-order valence-electron chi connectivity index (χ2n) is 9.86. The summed E-state index contributed by atoms with van der Waals surface area (Å²) in [4.78, 5) is 17.9. The lowest BCUT2D eigenvalue weighted by Gasteiger charge is -2.43. The van der Waals surface area contributed by atoms with Crippen LogP contribution in [-0.2, 0) is 24.8 Å². The first-order chi connectivity index (χ1) is 19.1. The number of rotatable bonds is 6. The Morgan fingerprint density at radius 1 is 0.750 bits per heavy atom. The largest absolute Gasteiger partial charge is 0.368 e. The molecule has 0 aliphatic carbocycles. The minimum absolute atomic E-state index is 0.0606. The van der Waals surface area contributed by atoms with Gasteiger partial charge in [-0.1, -0.05) is 54.1 Å². The van der Waals surface area contributed by atoms with Gasteiger partial charge in [0.2, 0.25) is 26.0 Å². The van der Waals surface area contributed by atoms with E-state index < -0.39 is 32.0 Å². The lowest BCUT2D eigenvalue weighted by molar-refractivity contribution is -0.136. The fourth-order valence-electron chi connectivity index (χ4n) is 5.22. The molecule has 0 N–H and O–H groups in total. The number of anilines is 1. The fraction of sp³-hybridized carbons (Fsp3) is 0.321. The maximum Gasteiger partial charge on any atom is 0.243 e. The summed E-state index contributed by atoms with van der Waals surface area (Å²) in [5.41, 5.74) is 2.06. The van der Waals surface area contributed by atoms with Crippen molar-refractivity contribution in [1.82, 2.24) is 13.5 Å². The molecule has 5 rings (SSSR count). The topological polar surface area (TPSA) is 98.3 Å². The number of carbonyl (C=O) groups is 1. The molecule has 2 aliphatic rings. The molecule has 3 aromatic rings. The van der Waals surface area contributed by atoms with Crippen LogP contribution in [0.4, 0.5) is 5.69 Å². The Morgan fingerprint density at radius 3 is 1.93 bits per heavy atom. The van der Waals surface area contributed by atoms with E-state index in [1.807, 2.05) is 25.1 Å². The van der Waals surface area contributed by atoms with E-state index in [0.29, 0.717) is 31.2 Å². The van der Waals surface area contributed by atoms with Crippen LogP contribution >= 0.6 is 11.6 Å². The van der Waals surface area contributed by atoms with Crippen LogP contribution in [0.15, 0.2) is 88.7 Å². The average Bonchev–Trinajstić information content (AvgIpc) is 2.98. The highest BCUT2D eigenvalue weighted by molar-refractivity contribution is 7.89. The van der Waals surface area contributed by atoms with Crippen LogP contribution in [0.25, 0.3) is 0 Å². The molecule has 2 saturated heterocycles. The molecular formula is C28H31ClN4O5S2. The molecule has 0 spiro atoms. The van der Waals surface area contributed by atoms with E-state index in [1.165, 1.54) is 28.6 Å². The average molecular weight is 603 g/mol. The highest BCUT2D eigenvalue weighted by Gasteiger charge is 2.45. The van der Waals surface area contributed by atoms with Gasteiger partial charge < -0.3 is 9.80 Å². The summed E-state index contributed by atoms with van der Waals surface area (Å²) < 4.78 is 56.6. The van der Waals surface area contributed by atoms with Gasteiger partial charge in [-0.15, -0.1) is 0 Å². The standard InChI is InChI=1S/C28H31ClN4O5S2/c1-22-12-13-23(29)20-26(22)30-14-16-31(17-15-30)28(34)27-21-32(39(35,36)24-8-4-2-5-9-24)18-19-33(27)40(37,38)25-10-6-3-7-11-25/h2-13,20,27H,14-19,21H2,1H3/t27-/m1/s1. The van der Waals surface area contributed by atoms with Crippen molar-refractivity contribution in [3.05, 3.63) is 89.4 Å². The summed E-state index contributed by atoms with van der Waals surface area (Å²) in [7, 11) is -7.98. The van der Waals surface area contributed by atoms with E-state index in [1.54, 1.807) is 41.3 Å². The van der Waals surface area contributed by atoms with Crippen molar-refractivity contribution in [2.45, 2.75) is 22.8 Å². The highest BCUT2D eigenvalue weighted by Crippen LogP contribution is 2.28. The lowest BCUT2D eigenvalue weighted by Crippen LogP contribution is -2.63. The number of nitrogens with zero attached hydrogens (tertiary/aromatic N) is 4. The van der Waals surface area contributed by atoms with Gasteiger partial charge in [-0.05, 0) is 48.9 Å².